The van der Waals surface area contributed by atoms with Crippen LogP contribution in [0.15, 0.2) is 63.5 Å². The first-order valence-electron chi connectivity index (χ1n) is 10.7. The van der Waals surface area contributed by atoms with Crippen LogP contribution in [0.3, 0.4) is 0 Å². The van der Waals surface area contributed by atoms with E-state index < -0.39 is 6.23 Å². The van der Waals surface area contributed by atoms with E-state index in [1.165, 1.54) is 0 Å². The molecule has 8 heteroatoms. The van der Waals surface area contributed by atoms with Gasteiger partial charge in [-0.25, -0.2) is 4.99 Å². The number of allylic oxidation sites excluding steroid dienone is 3. The molecule has 0 spiro atoms. The number of ether oxygens (including phenoxy) is 1. The maximum Gasteiger partial charge on any atom is 0.222 e. The van der Waals surface area contributed by atoms with E-state index >= 15 is 0 Å². The molecule has 0 saturated heterocycles. The average molecular weight is 437 g/mol. The number of likely N-dealkylation sites (N-methyl/N-ethyl adjacent to an activating group) is 1. The smallest absolute Gasteiger partial charge is 0.222 e. The summed E-state index contributed by atoms with van der Waals surface area (Å²) in [5.74, 6) is 0.515. The summed E-state index contributed by atoms with van der Waals surface area (Å²) in [6.45, 7) is 2.09. The lowest BCUT2D eigenvalue weighted by Gasteiger charge is -2.22. The molecule has 0 saturated carbocycles. The highest BCUT2D eigenvalue weighted by Gasteiger charge is 2.13. The van der Waals surface area contributed by atoms with Crippen molar-refractivity contribution in [1.82, 2.24) is 9.88 Å². The Morgan fingerprint density at radius 3 is 3.03 bits per heavy atom. The molecule has 1 atom stereocenters. The van der Waals surface area contributed by atoms with Gasteiger partial charge in [-0.1, -0.05) is 6.08 Å². The van der Waals surface area contributed by atoms with Gasteiger partial charge in [0.05, 0.1) is 12.3 Å². The Bertz CT molecular complexity index is 1030. The van der Waals surface area contributed by atoms with Gasteiger partial charge in [0.25, 0.3) is 0 Å². The molecule has 1 unspecified atom stereocenters. The number of hydrogen-bond acceptors (Lipinski definition) is 5. The van der Waals surface area contributed by atoms with E-state index in [2.05, 4.69) is 37.4 Å². The van der Waals surface area contributed by atoms with Crippen molar-refractivity contribution in [3.63, 3.8) is 0 Å². The van der Waals surface area contributed by atoms with Crippen LogP contribution in [-0.4, -0.2) is 80.0 Å². The van der Waals surface area contributed by atoms with Crippen LogP contribution < -0.4 is 5.32 Å². The lowest BCUT2D eigenvalue weighted by Crippen LogP contribution is -2.35. The third kappa shape index (κ3) is 6.98. The van der Waals surface area contributed by atoms with Crippen molar-refractivity contribution in [2.75, 3.05) is 46.2 Å². The van der Waals surface area contributed by atoms with E-state index in [1.54, 1.807) is 20.4 Å². The average Bonchev–Trinajstić information content (AvgIpc) is 3.21. The van der Waals surface area contributed by atoms with E-state index in [0.29, 0.717) is 25.5 Å². The second-order valence-electron chi connectivity index (χ2n) is 7.56. The highest BCUT2D eigenvalue weighted by molar-refractivity contribution is 6.07. The number of dihydropyridines is 1. The summed E-state index contributed by atoms with van der Waals surface area (Å²) in [6, 6.07) is 8.07. The monoisotopic (exact) mass is 436 g/mol. The van der Waals surface area contributed by atoms with E-state index in [1.807, 2.05) is 48.4 Å². The fourth-order valence-electron chi connectivity index (χ4n) is 3.28. The minimum Gasteiger partial charge on any atom is -0.383 e. The fourth-order valence-corrected chi connectivity index (χ4v) is 3.28. The molecule has 0 bridgehead atoms. The Labute approximate surface area is 189 Å². The molecule has 1 aromatic carbocycles. The lowest BCUT2D eigenvalue weighted by molar-refractivity contribution is 0.00812. The van der Waals surface area contributed by atoms with Gasteiger partial charge in [0.2, 0.25) is 5.96 Å². The van der Waals surface area contributed by atoms with E-state index in [-0.39, 0.29) is 0 Å². The molecule has 8 nitrogen and oxygen atoms in total. The number of anilines is 1. The molecular weight excluding hydrogens is 404 g/mol. The summed E-state index contributed by atoms with van der Waals surface area (Å²) >= 11 is 0. The minimum atomic E-state index is -0.577. The molecule has 0 fully saturated rings. The summed E-state index contributed by atoms with van der Waals surface area (Å²) in [7, 11) is 5.24. The normalized spacial score (nSPS) is 15.9. The number of H-pyrrole nitrogens is 1. The van der Waals surface area contributed by atoms with Crippen LogP contribution in [0.2, 0.25) is 0 Å². The van der Waals surface area contributed by atoms with Crippen molar-refractivity contribution in [1.29, 1.82) is 0 Å². The van der Waals surface area contributed by atoms with E-state index in [0.717, 1.165) is 41.0 Å². The van der Waals surface area contributed by atoms with Gasteiger partial charge < -0.3 is 20.1 Å². The summed E-state index contributed by atoms with van der Waals surface area (Å²) in [5.41, 5.74) is 3.83. The molecule has 0 radical (unpaired) electrons. The number of aliphatic hydroxyl groups excluding tert-OH is 1. The van der Waals surface area contributed by atoms with Crippen LogP contribution in [0.1, 0.15) is 12.1 Å². The van der Waals surface area contributed by atoms with Gasteiger partial charge in [-0.2, -0.15) is 0 Å². The van der Waals surface area contributed by atoms with E-state index in [9.17, 15) is 5.11 Å². The Kier molecular flexibility index (Phi) is 8.91. The van der Waals surface area contributed by atoms with Crippen LogP contribution in [0, 0.1) is 0 Å². The SMILES string of the molecule is CN=C(N=C/C=C/C1=NCCC=C1)Nc1ccc2[nH]c(CC(O)N(C)CCOC)cc2c1. The zero-order chi connectivity index (χ0) is 22.8. The van der Waals surface area contributed by atoms with Crippen molar-refractivity contribution in [3.05, 3.63) is 54.3 Å². The van der Waals surface area contributed by atoms with Crippen molar-refractivity contribution in [3.8, 4) is 0 Å². The first kappa shape index (κ1) is 23.6. The maximum absolute atomic E-state index is 10.4. The summed E-state index contributed by atoms with van der Waals surface area (Å²) in [6.07, 6.45) is 10.6. The molecule has 2 heterocycles. The van der Waals surface area contributed by atoms with Crippen LogP contribution >= 0.6 is 0 Å². The second-order valence-corrected chi connectivity index (χ2v) is 7.56. The second kappa shape index (κ2) is 12.1. The van der Waals surface area contributed by atoms with Gasteiger partial charge in [0.1, 0.15) is 6.23 Å². The van der Waals surface area contributed by atoms with Crippen molar-refractivity contribution in [2.45, 2.75) is 19.1 Å². The molecule has 0 aliphatic carbocycles. The lowest BCUT2D eigenvalue weighted by atomic mass is 10.2. The molecule has 2 aromatic rings. The van der Waals surface area contributed by atoms with Crippen molar-refractivity contribution >= 4 is 34.5 Å². The molecule has 1 aliphatic rings. The number of fused-ring (bicyclic) bond motifs is 1. The highest BCUT2D eigenvalue weighted by atomic mass is 16.5. The first-order chi connectivity index (χ1) is 15.6. The first-order valence-corrected chi connectivity index (χ1v) is 10.7. The van der Waals surface area contributed by atoms with Gasteiger partial charge in [-0.05, 0) is 56.0 Å². The standard InChI is InChI=1S/C24H32N6O2/c1-25-24(27-12-6-8-19-7-4-5-11-26-19)29-20-9-10-22-18(15-20)16-21(28-22)17-23(31)30(2)13-14-32-3/h4,6-10,12,15-16,23,28,31H,5,11,13-14,17H2,1-3H3,(H,25,29)/b8-6+,27-12?. The highest BCUT2D eigenvalue weighted by Crippen LogP contribution is 2.21. The molecule has 3 N–H and O–H groups in total. The number of nitrogens with zero attached hydrogens (tertiary/aromatic N) is 4. The molecule has 0 amide bonds. The third-order valence-electron chi connectivity index (χ3n) is 5.13. The molecule has 170 valence electrons. The number of methoxy groups -OCH3 is 1. The predicted octanol–water partition coefficient (Wildman–Crippen LogP) is 3.03. The van der Waals surface area contributed by atoms with Gasteiger partial charge in [0, 0.05) is 62.2 Å². The number of hydrogen-bond donors (Lipinski definition) is 3. The molecule has 3 rings (SSSR count). The van der Waals surface area contributed by atoms with Crippen LogP contribution in [-0.2, 0) is 11.2 Å². The quantitative estimate of drug-likeness (QED) is 0.320. The summed E-state index contributed by atoms with van der Waals surface area (Å²) in [5, 5.41) is 14.7. The number of nitrogens with one attached hydrogen (secondary N) is 2. The number of guanidine groups is 1. The van der Waals surface area contributed by atoms with Crippen LogP contribution in [0.4, 0.5) is 5.69 Å². The van der Waals surface area contributed by atoms with Crippen molar-refractivity contribution < 1.29 is 9.84 Å². The maximum atomic E-state index is 10.4. The van der Waals surface area contributed by atoms with Gasteiger partial charge >= 0.3 is 0 Å². The number of aliphatic hydroxyl groups is 1. The molecular formula is C24H32N6O2. The fraction of sp³-hybridized carbons (Fsp3) is 0.375. The Morgan fingerprint density at radius 2 is 2.28 bits per heavy atom. The zero-order valence-corrected chi connectivity index (χ0v) is 19.0. The van der Waals surface area contributed by atoms with Crippen molar-refractivity contribution in [2.24, 2.45) is 15.0 Å². The molecule has 1 aliphatic heterocycles. The summed E-state index contributed by atoms with van der Waals surface area (Å²) in [4.78, 5) is 18.2. The number of rotatable bonds is 9. The van der Waals surface area contributed by atoms with Gasteiger partial charge in [-0.3, -0.25) is 14.9 Å². The number of aromatic amines is 1. The Balaban J connectivity index is 1.60. The molecule has 32 heavy (non-hydrogen) atoms. The molecule has 1 aromatic heterocycles. The largest absolute Gasteiger partial charge is 0.383 e. The Morgan fingerprint density at radius 1 is 1.41 bits per heavy atom. The minimum absolute atomic E-state index is 0.510. The topological polar surface area (TPSA) is 97.6 Å². The third-order valence-corrected chi connectivity index (χ3v) is 5.13. The Hall–Kier alpha value is -3.07. The van der Waals surface area contributed by atoms with Gasteiger partial charge in [0.15, 0.2) is 0 Å². The zero-order valence-electron chi connectivity index (χ0n) is 19.0. The van der Waals surface area contributed by atoms with E-state index in [4.69, 9.17) is 4.74 Å². The summed E-state index contributed by atoms with van der Waals surface area (Å²) < 4.78 is 5.07. The van der Waals surface area contributed by atoms with Gasteiger partial charge in [-0.15, -0.1) is 0 Å². The number of benzene rings is 1. The number of aromatic nitrogens is 1. The number of aliphatic imine (C=N–C) groups is 3. The predicted molar refractivity (Wildman–Crippen MR) is 133 cm³/mol. The van der Waals surface area contributed by atoms with Crippen LogP contribution in [0.5, 0.6) is 0 Å². The van der Waals surface area contributed by atoms with Crippen LogP contribution in [0.25, 0.3) is 10.9 Å².